The van der Waals surface area contributed by atoms with Crippen LogP contribution in [0.25, 0.3) is 22.6 Å². The monoisotopic (exact) mass is 354 g/mol. The van der Waals surface area contributed by atoms with Crippen LogP contribution < -0.4 is 0 Å². The van der Waals surface area contributed by atoms with E-state index in [4.69, 9.17) is 0 Å². The first-order valence-electron chi connectivity index (χ1n) is 6.88. The normalized spacial score (nSPS) is 13.5. The molecule has 0 spiro atoms. The van der Waals surface area contributed by atoms with Crippen LogP contribution in [0, 0.1) is 6.92 Å². The fraction of sp³-hybridized carbons (Fsp3) is 0.267. The van der Waals surface area contributed by atoms with Crippen molar-refractivity contribution in [3.63, 3.8) is 0 Å². The third kappa shape index (κ3) is 2.84. The Balaban J connectivity index is 2.24. The van der Waals surface area contributed by atoms with Gasteiger partial charge in [0.2, 0.25) is 0 Å². The number of fused-ring (bicyclic) bond motifs is 1. The molecule has 9 heteroatoms. The minimum atomic E-state index is -4.55. The molecule has 3 heterocycles. The van der Waals surface area contributed by atoms with Crippen molar-refractivity contribution in [2.75, 3.05) is 6.26 Å². The lowest BCUT2D eigenvalue weighted by atomic mass is 10.2. The van der Waals surface area contributed by atoms with Crippen LogP contribution >= 0.6 is 0 Å². The molecule has 0 N–H and O–H groups in total. The molecule has 0 aliphatic heterocycles. The van der Waals surface area contributed by atoms with E-state index in [0.717, 1.165) is 18.0 Å². The maximum Gasteiger partial charge on any atom is 0.418 e. The molecule has 3 rings (SSSR count). The Labute approximate surface area is 138 Å². The summed E-state index contributed by atoms with van der Waals surface area (Å²) in [7, 11) is 1.71. The number of aryl methyl sites for hydroxylation is 2. The lowest BCUT2D eigenvalue weighted by Crippen LogP contribution is -2.11. The van der Waals surface area contributed by atoms with Crippen molar-refractivity contribution in [3.05, 3.63) is 35.8 Å². The molecule has 24 heavy (non-hydrogen) atoms. The second kappa shape index (κ2) is 5.75. The van der Waals surface area contributed by atoms with Gasteiger partial charge in [0.15, 0.2) is 16.4 Å². The Morgan fingerprint density at radius 2 is 1.88 bits per heavy atom. The SMILES string of the molecule is Cc1cc2nc(-c3ncc(C(F)(F)F)cc3[S+](C)[O-])n(C)c2cn1. The first kappa shape index (κ1) is 16.7. The zero-order valence-electron chi connectivity index (χ0n) is 13.0. The third-order valence-electron chi connectivity index (χ3n) is 3.61. The number of aromatic nitrogens is 4. The summed E-state index contributed by atoms with van der Waals surface area (Å²) in [5.41, 5.74) is 1.36. The van der Waals surface area contributed by atoms with Gasteiger partial charge in [0, 0.05) is 25.0 Å². The summed E-state index contributed by atoms with van der Waals surface area (Å²) in [6, 6.07) is 2.63. The fourth-order valence-corrected chi connectivity index (χ4v) is 3.10. The van der Waals surface area contributed by atoms with E-state index in [1.165, 1.54) is 6.26 Å². The van der Waals surface area contributed by atoms with Crippen LogP contribution in [-0.4, -0.2) is 30.3 Å². The van der Waals surface area contributed by atoms with Crippen LogP contribution in [-0.2, 0) is 24.4 Å². The van der Waals surface area contributed by atoms with Gasteiger partial charge in [0.25, 0.3) is 0 Å². The first-order valence-corrected chi connectivity index (χ1v) is 8.44. The van der Waals surface area contributed by atoms with E-state index in [-0.39, 0.29) is 10.6 Å². The number of pyridine rings is 2. The quantitative estimate of drug-likeness (QED) is 0.663. The van der Waals surface area contributed by atoms with Gasteiger partial charge in [-0.2, -0.15) is 13.2 Å². The number of nitrogens with zero attached hydrogens (tertiary/aromatic N) is 4. The van der Waals surface area contributed by atoms with E-state index in [9.17, 15) is 17.7 Å². The maximum atomic E-state index is 12.9. The predicted molar refractivity (Wildman–Crippen MR) is 83.8 cm³/mol. The Morgan fingerprint density at radius 3 is 2.50 bits per heavy atom. The lowest BCUT2D eigenvalue weighted by molar-refractivity contribution is -0.138. The Kier molecular flexibility index (Phi) is 4.00. The Morgan fingerprint density at radius 1 is 1.17 bits per heavy atom. The molecule has 0 saturated heterocycles. The molecule has 1 atom stereocenters. The van der Waals surface area contributed by atoms with E-state index in [1.54, 1.807) is 23.9 Å². The number of halogens is 3. The van der Waals surface area contributed by atoms with E-state index >= 15 is 0 Å². The number of imidazole rings is 1. The number of hydrogen-bond acceptors (Lipinski definition) is 4. The second-order valence-electron chi connectivity index (χ2n) is 5.33. The van der Waals surface area contributed by atoms with Crippen molar-refractivity contribution < 1.29 is 17.7 Å². The van der Waals surface area contributed by atoms with Gasteiger partial charge >= 0.3 is 6.18 Å². The molecule has 0 saturated carbocycles. The molecule has 3 aromatic heterocycles. The van der Waals surface area contributed by atoms with Crippen LogP contribution in [0.4, 0.5) is 13.2 Å². The molecule has 0 aliphatic rings. The summed E-state index contributed by atoms with van der Waals surface area (Å²) >= 11 is -1.65. The molecule has 5 nitrogen and oxygen atoms in total. The zero-order valence-corrected chi connectivity index (χ0v) is 13.9. The standard InChI is InChI=1S/C15H13F3N4OS/c1-8-4-10-11(7-19-8)22(2)14(21-10)13-12(24(3)23)5-9(6-20-13)15(16,17)18/h4-7H,1-3H3. The molecule has 1 unspecified atom stereocenters. The summed E-state index contributed by atoms with van der Waals surface area (Å²) in [4.78, 5) is 12.5. The summed E-state index contributed by atoms with van der Waals surface area (Å²) in [6.45, 7) is 1.82. The average molecular weight is 354 g/mol. The summed E-state index contributed by atoms with van der Waals surface area (Å²) in [5.74, 6) is 0.344. The highest BCUT2D eigenvalue weighted by atomic mass is 32.2. The van der Waals surface area contributed by atoms with Crippen molar-refractivity contribution >= 4 is 22.2 Å². The molecule has 0 radical (unpaired) electrons. The van der Waals surface area contributed by atoms with Crippen LogP contribution in [0.2, 0.25) is 0 Å². The Hall–Kier alpha value is -2.13. The first-order chi connectivity index (χ1) is 11.2. The molecule has 0 aliphatic carbocycles. The van der Waals surface area contributed by atoms with Crippen molar-refractivity contribution in [2.24, 2.45) is 7.05 Å². The van der Waals surface area contributed by atoms with E-state index in [2.05, 4.69) is 15.0 Å². The summed E-state index contributed by atoms with van der Waals surface area (Å²) in [5, 5.41) is 0. The highest BCUT2D eigenvalue weighted by molar-refractivity contribution is 7.90. The van der Waals surface area contributed by atoms with Gasteiger partial charge in [0.1, 0.15) is 6.26 Å². The molecular weight excluding hydrogens is 341 g/mol. The minimum absolute atomic E-state index is 0.00656. The molecule has 0 fully saturated rings. The largest absolute Gasteiger partial charge is 0.612 e. The van der Waals surface area contributed by atoms with Crippen molar-refractivity contribution in [1.82, 2.24) is 19.5 Å². The van der Waals surface area contributed by atoms with E-state index in [0.29, 0.717) is 16.9 Å². The molecular formula is C15H13F3N4OS. The van der Waals surface area contributed by atoms with Crippen molar-refractivity contribution in [2.45, 2.75) is 18.0 Å². The Bertz CT molecular complexity index is 921. The molecule has 3 aromatic rings. The van der Waals surface area contributed by atoms with Gasteiger partial charge in [-0.1, -0.05) is 0 Å². The zero-order chi connectivity index (χ0) is 17.6. The van der Waals surface area contributed by atoms with Gasteiger partial charge in [-0.3, -0.25) is 4.98 Å². The molecule has 126 valence electrons. The lowest BCUT2D eigenvalue weighted by Gasteiger charge is -2.12. The summed E-state index contributed by atoms with van der Waals surface area (Å²) < 4.78 is 52.3. The van der Waals surface area contributed by atoms with E-state index < -0.39 is 22.9 Å². The van der Waals surface area contributed by atoms with Crippen molar-refractivity contribution in [1.29, 1.82) is 0 Å². The highest BCUT2D eigenvalue weighted by Crippen LogP contribution is 2.34. The van der Waals surface area contributed by atoms with Gasteiger partial charge in [-0.05, 0) is 24.2 Å². The number of hydrogen-bond donors (Lipinski definition) is 0. The number of alkyl halides is 3. The van der Waals surface area contributed by atoms with Crippen molar-refractivity contribution in [3.8, 4) is 11.5 Å². The predicted octanol–water partition coefficient (Wildman–Crippen LogP) is 3.09. The maximum absolute atomic E-state index is 12.9. The number of rotatable bonds is 2. The molecule has 0 amide bonds. The van der Waals surface area contributed by atoms with Gasteiger partial charge in [0.05, 0.1) is 22.8 Å². The topological polar surface area (TPSA) is 66.7 Å². The van der Waals surface area contributed by atoms with Crippen LogP contribution in [0.15, 0.2) is 29.4 Å². The van der Waals surface area contributed by atoms with Gasteiger partial charge < -0.3 is 9.12 Å². The van der Waals surface area contributed by atoms with Crippen LogP contribution in [0.1, 0.15) is 11.3 Å². The molecule has 0 aromatic carbocycles. The van der Waals surface area contributed by atoms with Gasteiger partial charge in [-0.15, -0.1) is 0 Å². The second-order valence-corrected chi connectivity index (χ2v) is 6.68. The van der Waals surface area contributed by atoms with E-state index in [1.807, 2.05) is 6.92 Å². The fourth-order valence-electron chi connectivity index (χ4n) is 2.39. The third-order valence-corrected chi connectivity index (χ3v) is 4.54. The smallest absolute Gasteiger partial charge is 0.418 e. The van der Waals surface area contributed by atoms with Crippen LogP contribution in [0.5, 0.6) is 0 Å². The van der Waals surface area contributed by atoms with Gasteiger partial charge in [-0.25, -0.2) is 9.97 Å². The minimum Gasteiger partial charge on any atom is -0.612 e. The molecule has 0 bridgehead atoms. The average Bonchev–Trinajstić information content (AvgIpc) is 2.81. The summed E-state index contributed by atoms with van der Waals surface area (Å²) in [6.07, 6.45) is -0.871. The van der Waals surface area contributed by atoms with Crippen LogP contribution in [0.3, 0.4) is 0 Å². The highest BCUT2D eigenvalue weighted by Gasteiger charge is 2.34.